The Morgan fingerprint density at radius 2 is 2.29 bits per heavy atom. The lowest BCUT2D eigenvalue weighted by molar-refractivity contribution is 0.190. The molecule has 0 saturated heterocycles. The lowest BCUT2D eigenvalue weighted by atomic mass is 9.78. The topological polar surface area (TPSA) is 24.9 Å². The van der Waals surface area contributed by atoms with Gasteiger partial charge in [-0.3, -0.25) is 0 Å². The molecule has 0 spiro atoms. The maximum absolute atomic E-state index is 4.29. The number of aromatic nitrogens is 1. The van der Waals surface area contributed by atoms with Gasteiger partial charge >= 0.3 is 0 Å². The molecule has 14 heavy (non-hydrogen) atoms. The summed E-state index contributed by atoms with van der Waals surface area (Å²) in [6, 6.07) is 0.450. The lowest BCUT2D eigenvalue weighted by Crippen LogP contribution is -2.48. The molecule has 1 atom stereocenters. The minimum absolute atomic E-state index is 0.386. The molecule has 1 aliphatic carbocycles. The highest BCUT2D eigenvalue weighted by atomic mass is 32.1. The van der Waals surface area contributed by atoms with E-state index in [9.17, 15) is 0 Å². The molecule has 1 heterocycles. The van der Waals surface area contributed by atoms with Crippen LogP contribution >= 0.6 is 11.3 Å². The number of nitrogens with zero attached hydrogens (tertiary/aromatic N) is 1. The van der Waals surface area contributed by atoms with Crippen molar-refractivity contribution in [2.45, 2.75) is 51.6 Å². The SMILES string of the molecule is Cc1ncc(C(C)NC2(C)CCC2)s1. The summed E-state index contributed by atoms with van der Waals surface area (Å²) in [4.78, 5) is 5.65. The number of rotatable bonds is 3. The van der Waals surface area contributed by atoms with E-state index in [4.69, 9.17) is 0 Å². The normalized spacial score (nSPS) is 21.6. The predicted molar refractivity (Wildman–Crippen MR) is 60.7 cm³/mol. The minimum Gasteiger partial charge on any atom is -0.304 e. The van der Waals surface area contributed by atoms with Crippen LogP contribution in [0.2, 0.25) is 0 Å². The Bertz CT molecular complexity index is 315. The zero-order chi connectivity index (χ0) is 10.2. The van der Waals surface area contributed by atoms with Crippen LogP contribution in [0.4, 0.5) is 0 Å². The lowest BCUT2D eigenvalue weighted by Gasteiger charge is -2.41. The van der Waals surface area contributed by atoms with Gasteiger partial charge in [0.05, 0.1) is 5.01 Å². The Kier molecular flexibility index (Phi) is 2.62. The van der Waals surface area contributed by atoms with Crippen molar-refractivity contribution < 1.29 is 0 Å². The molecule has 0 bridgehead atoms. The van der Waals surface area contributed by atoms with Gasteiger partial charge in [-0.05, 0) is 40.0 Å². The number of thiazole rings is 1. The number of hydrogen-bond acceptors (Lipinski definition) is 3. The van der Waals surface area contributed by atoms with Gasteiger partial charge in [-0.2, -0.15) is 0 Å². The first-order valence-electron chi connectivity index (χ1n) is 5.29. The highest BCUT2D eigenvalue weighted by Gasteiger charge is 2.32. The fourth-order valence-corrected chi connectivity index (χ4v) is 2.81. The van der Waals surface area contributed by atoms with Crippen molar-refractivity contribution in [3.8, 4) is 0 Å². The Morgan fingerprint density at radius 1 is 1.57 bits per heavy atom. The van der Waals surface area contributed by atoms with E-state index >= 15 is 0 Å². The van der Waals surface area contributed by atoms with Crippen molar-refractivity contribution in [3.63, 3.8) is 0 Å². The van der Waals surface area contributed by atoms with Crippen LogP contribution in [0.3, 0.4) is 0 Å². The summed E-state index contributed by atoms with van der Waals surface area (Å²) in [5.74, 6) is 0. The molecule has 1 N–H and O–H groups in total. The zero-order valence-electron chi connectivity index (χ0n) is 9.13. The van der Waals surface area contributed by atoms with Crippen LogP contribution in [-0.2, 0) is 0 Å². The second kappa shape index (κ2) is 3.63. The Morgan fingerprint density at radius 3 is 2.71 bits per heavy atom. The van der Waals surface area contributed by atoms with Gasteiger partial charge in [-0.25, -0.2) is 4.98 Å². The van der Waals surface area contributed by atoms with E-state index in [0.29, 0.717) is 11.6 Å². The van der Waals surface area contributed by atoms with Crippen LogP contribution in [0.5, 0.6) is 0 Å². The molecule has 0 aliphatic heterocycles. The van der Waals surface area contributed by atoms with Crippen LogP contribution < -0.4 is 5.32 Å². The van der Waals surface area contributed by atoms with Crippen molar-refractivity contribution in [1.82, 2.24) is 10.3 Å². The van der Waals surface area contributed by atoms with Gasteiger partial charge in [0.25, 0.3) is 0 Å². The molecular weight excluding hydrogens is 192 g/mol. The monoisotopic (exact) mass is 210 g/mol. The molecule has 0 aromatic carbocycles. The van der Waals surface area contributed by atoms with Crippen LogP contribution in [-0.4, -0.2) is 10.5 Å². The number of hydrogen-bond donors (Lipinski definition) is 1. The van der Waals surface area contributed by atoms with E-state index in [1.54, 1.807) is 11.3 Å². The first-order chi connectivity index (χ1) is 6.59. The molecule has 1 fully saturated rings. The van der Waals surface area contributed by atoms with Crippen LogP contribution in [0.25, 0.3) is 0 Å². The molecule has 1 aromatic rings. The summed E-state index contributed by atoms with van der Waals surface area (Å²) >= 11 is 1.80. The zero-order valence-corrected chi connectivity index (χ0v) is 9.95. The molecule has 1 saturated carbocycles. The molecule has 2 rings (SSSR count). The van der Waals surface area contributed by atoms with Crippen molar-refractivity contribution >= 4 is 11.3 Å². The first kappa shape index (κ1) is 10.1. The third-order valence-electron chi connectivity index (χ3n) is 3.09. The van der Waals surface area contributed by atoms with Gasteiger partial charge in [0.2, 0.25) is 0 Å². The third kappa shape index (κ3) is 1.98. The Hall–Kier alpha value is -0.410. The van der Waals surface area contributed by atoms with E-state index < -0.39 is 0 Å². The second-order valence-electron chi connectivity index (χ2n) is 4.56. The summed E-state index contributed by atoms with van der Waals surface area (Å²) in [7, 11) is 0. The summed E-state index contributed by atoms with van der Waals surface area (Å²) in [5.41, 5.74) is 0.386. The highest BCUT2D eigenvalue weighted by Crippen LogP contribution is 2.34. The van der Waals surface area contributed by atoms with E-state index in [1.807, 2.05) is 6.20 Å². The van der Waals surface area contributed by atoms with Gasteiger partial charge in [-0.1, -0.05) is 0 Å². The molecule has 1 aromatic heterocycles. The summed E-state index contributed by atoms with van der Waals surface area (Å²) < 4.78 is 0. The molecular formula is C11H18N2S. The molecule has 1 unspecified atom stereocenters. The van der Waals surface area contributed by atoms with E-state index in [1.165, 1.54) is 24.1 Å². The van der Waals surface area contributed by atoms with Crippen molar-refractivity contribution in [3.05, 3.63) is 16.1 Å². The molecule has 1 aliphatic rings. The molecule has 0 amide bonds. The number of aryl methyl sites for hydroxylation is 1. The van der Waals surface area contributed by atoms with E-state index in [-0.39, 0.29) is 0 Å². The van der Waals surface area contributed by atoms with E-state index in [0.717, 1.165) is 5.01 Å². The van der Waals surface area contributed by atoms with Crippen LogP contribution in [0.1, 0.15) is 49.0 Å². The van der Waals surface area contributed by atoms with Gasteiger partial charge in [0.1, 0.15) is 0 Å². The highest BCUT2D eigenvalue weighted by molar-refractivity contribution is 7.11. The van der Waals surface area contributed by atoms with Gasteiger partial charge in [0, 0.05) is 22.7 Å². The van der Waals surface area contributed by atoms with Crippen molar-refractivity contribution in [2.24, 2.45) is 0 Å². The van der Waals surface area contributed by atoms with Crippen molar-refractivity contribution in [1.29, 1.82) is 0 Å². The van der Waals surface area contributed by atoms with Gasteiger partial charge in [-0.15, -0.1) is 11.3 Å². The quantitative estimate of drug-likeness (QED) is 0.829. The first-order valence-corrected chi connectivity index (χ1v) is 6.11. The maximum Gasteiger partial charge on any atom is 0.0897 e. The van der Waals surface area contributed by atoms with Crippen LogP contribution in [0, 0.1) is 6.92 Å². The predicted octanol–water partition coefficient (Wildman–Crippen LogP) is 3.04. The molecule has 0 radical (unpaired) electrons. The minimum atomic E-state index is 0.386. The average molecular weight is 210 g/mol. The largest absolute Gasteiger partial charge is 0.304 e. The average Bonchev–Trinajstić information content (AvgIpc) is 2.49. The van der Waals surface area contributed by atoms with Gasteiger partial charge < -0.3 is 5.32 Å². The fraction of sp³-hybridized carbons (Fsp3) is 0.727. The van der Waals surface area contributed by atoms with Crippen molar-refractivity contribution in [2.75, 3.05) is 0 Å². The fourth-order valence-electron chi connectivity index (χ4n) is 2.02. The molecule has 2 nitrogen and oxygen atoms in total. The second-order valence-corrected chi connectivity index (χ2v) is 5.83. The summed E-state index contributed by atoms with van der Waals surface area (Å²) in [6.45, 7) is 6.61. The molecule has 78 valence electrons. The smallest absolute Gasteiger partial charge is 0.0897 e. The van der Waals surface area contributed by atoms with Gasteiger partial charge in [0.15, 0.2) is 0 Å². The maximum atomic E-state index is 4.29. The van der Waals surface area contributed by atoms with Crippen LogP contribution in [0.15, 0.2) is 6.20 Å². The summed E-state index contributed by atoms with van der Waals surface area (Å²) in [6.07, 6.45) is 6.00. The van der Waals surface area contributed by atoms with E-state index in [2.05, 4.69) is 31.1 Å². The summed E-state index contributed by atoms with van der Waals surface area (Å²) in [5, 5.41) is 4.85. The Balaban J connectivity index is 1.98. The number of nitrogens with one attached hydrogen (secondary N) is 1. The Labute approximate surface area is 89.8 Å². The third-order valence-corrected chi connectivity index (χ3v) is 4.18. The standard InChI is InChI=1S/C11H18N2S/c1-8(10-7-12-9(2)14-10)13-11(3)5-4-6-11/h7-8,13H,4-6H2,1-3H3. The molecule has 3 heteroatoms.